The number of hydrogen-bond acceptors (Lipinski definition) is 5. The Kier molecular flexibility index (Phi) is 7.19. The maximum atomic E-state index is 6.18. The Balaban J connectivity index is 1.34. The standard InChI is InChI=1S/C26H32N4O2S/c33-26-29(20-28-15-17-31-18-16-28)27-25(30(26)23-9-5-2-6-10-23)19-32-24-13-11-22(12-14-24)21-7-3-1-4-8-21/h2,5-6,9-14,21H,1,3-4,7-8,15-20H2. The monoisotopic (exact) mass is 464 g/mol. The first-order valence-corrected chi connectivity index (χ1v) is 12.5. The van der Waals surface area contributed by atoms with Gasteiger partial charge in [-0.1, -0.05) is 49.6 Å². The van der Waals surface area contributed by atoms with E-state index in [1.807, 2.05) is 27.4 Å². The van der Waals surface area contributed by atoms with Gasteiger partial charge in [-0.15, -0.1) is 0 Å². The van der Waals surface area contributed by atoms with E-state index in [0.29, 0.717) is 24.0 Å². The molecule has 0 N–H and O–H groups in total. The molecule has 33 heavy (non-hydrogen) atoms. The summed E-state index contributed by atoms with van der Waals surface area (Å²) < 4.78 is 16.3. The minimum atomic E-state index is 0.359. The molecule has 0 unspecified atom stereocenters. The third-order valence-corrected chi connectivity index (χ3v) is 7.08. The third-order valence-electron chi connectivity index (χ3n) is 6.68. The summed E-state index contributed by atoms with van der Waals surface area (Å²) in [5, 5.41) is 4.85. The van der Waals surface area contributed by atoms with Crippen molar-refractivity contribution in [1.82, 2.24) is 19.2 Å². The minimum absolute atomic E-state index is 0.359. The highest BCUT2D eigenvalue weighted by molar-refractivity contribution is 7.71. The highest BCUT2D eigenvalue weighted by Crippen LogP contribution is 2.33. The highest BCUT2D eigenvalue weighted by atomic mass is 32.1. The highest BCUT2D eigenvalue weighted by Gasteiger charge is 2.18. The van der Waals surface area contributed by atoms with Crippen molar-refractivity contribution in [2.45, 2.75) is 51.3 Å². The summed E-state index contributed by atoms with van der Waals surface area (Å²) in [6.07, 6.45) is 6.68. The first-order chi connectivity index (χ1) is 16.3. The zero-order valence-electron chi connectivity index (χ0n) is 19.1. The van der Waals surface area contributed by atoms with E-state index >= 15 is 0 Å². The molecule has 2 fully saturated rings. The maximum Gasteiger partial charge on any atom is 0.203 e. The second-order valence-corrected chi connectivity index (χ2v) is 9.30. The molecule has 1 saturated carbocycles. The molecule has 3 aromatic rings. The van der Waals surface area contributed by atoms with Gasteiger partial charge in [-0.05, 0) is 60.8 Å². The van der Waals surface area contributed by atoms with Crippen LogP contribution in [-0.4, -0.2) is 45.6 Å². The number of aromatic nitrogens is 3. The second kappa shape index (κ2) is 10.6. The topological polar surface area (TPSA) is 44.4 Å². The molecule has 0 amide bonds. The van der Waals surface area contributed by atoms with E-state index in [2.05, 4.69) is 41.3 Å². The normalized spacial score (nSPS) is 17.8. The van der Waals surface area contributed by atoms with Gasteiger partial charge in [0.15, 0.2) is 5.82 Å². The third kappa shape index (κ3) is 5.37. The lowest BCUT2D eigenvalue weighted by Gasteiger charge is -2.26. The zero-order chi connectivity index (χ0) is 22.5. The number of ether oxygens (including phenoxy) is 2. The number of rotatable bonds is 7. The van der Waals surface area contributed by atoms with Crippen LogP contribution in [0.15, 0.2) is 54.6 Å². The molecule has 0 atom stereocenters. The van der Waals surface area contributed by atoms with Crippen LogP contribution in [0.4, 0.5) is 0 Å². The van der Waals surface area contributed by atoms with Gasteiger partial charge in [0, 0.05) is 18.8 Å². The number of para-hydroxylation sites is 1. The van der Waals surface area contributed by atoms with Crippen LogP contribution in [-0.2, 0) is 18.0 Å². The van der Waals surface area contributed by atoms with Crippen LogP contribution < -0.4 is 4.74 Å². The Morgan fingerprint density at radius 1 is 0.939 bits per heavy atom. The van der Waals surface area contributed by atoms with Crippen LogP contribution in [0.1, 0.15) is 49.4 Å². The van der Waals surface area contributed by atoms with E-state index < -0.39 is 0 Å². The number of hydrogen-bond donors (Lipinski definition) is 0. The van der Waals surface area contributed by atoms with E-state index in [1.165, 1.54) is 37.7 Å². The van der Waals surface area contributed by atoms with Crippen molar-refractivity contribution < 1.29 is 9.47 Å². The van der Waals surface area contributed by atoms with E-state index in [-0.39, 0.29) is 0 Å². The lowest BCUT2D eigenvalue weighted by atomic mass is 9.84. The van der Waals surface area contributed by atoms with Crippen molar-refractivity contribution in [2.24, 2.45) is 0 Å². The van der Waals surface area contributed by atoms with Gasteiger partial charge in [-0.25, -0.2) is 4.68 Å². The maximum absolute atomic E-state index is 6.18. The first kappa shape index (κ1) is 22.3. The molecule has 174 valence electrons. The summed E-state index contributed by atoms with van der Waals surface area (Å²) in [4.78, 5) is 2.32. The van der Waals surface area contributed by atoms with Gasteiger partial charge < -0.3 is 9.47 Å². The van der Waals surface area contributed by atoms with E-state index in [1.54, 1.807) is 0 Å². The molecule has 6 nitrogen and oxygen atoms in total. The summed E-state index contributed by atoms with van der Waals surface area (Å²) in [7, 11) is 0. The van der Waals surface area contributed by atoms with Gasteiger partial charge in [0.05, 0.1) is 19.9 Å². The van der Waals surface area contributed by atoms with Crippen molar-refractivity contribution in [3.63, 3.8) is 0 Å². The molecule has 0 bridgehead atoms. The number of benzene rings is 2. The Morgan fingerprint density at radius 3 is 2.39 bits per heavy atom. The predicted octanol–water partition coefficient (Wildman–Crippen LogP) is 5.32. The molecule has 7 heteroatoms. The molecule has 2 heterocycles. The number of nitrogens with zero attached hydrogens (tertiary/aromatic N) is 4. The van der Waals surface area contributed by atoms with Gasteiger partial charge in [0.2, 0.25) is 4.77 Å². The summed E-state index contributed by atoms with van der Waals surface area (Å²) in [5.74, 6) is 2.37. The Bertz CT molecular complexity index is 1080. The van der Waals surface area contributed by atoms with Crippen LogP contribution in [0.25, 0.3) is 5.69 Å². The lowest BCUT2D eigenvalue weighted by molar-refractivity contribution is 0.0209. The van der Waals surface area contributed by atoms with E-state index in [9.17, 15) is 0 Å². The second-order valence-electron chi connectivity index (χ2n) is 8.93. The van der Waals surface area contributed by atoms with Crippen molar-refractivity contribution in [3.8, 4) is 11.4 Å². The smallest absolute Gasteiger partial charge is 0.203 e. The van der Waals surface area contributed by atoms with Crippen LogP contribution in [0, 0.1) is 4.77 Å². The fraction of sp³-hybridized carbons (Fsp3) is 0.462. The van der Waals surface area contributed by atoms with Crippen molar-refractivity contribution in [3.05, 3.63) is 70.8 Å². The molecule has 5 rings (SSSR count). The van der Waals surface area contributed by atoms with Crippen molar-refractivity contribution >= 4 is 12.2 Å². The molecule has 2 aromatic carbocycles. The molecule has 0 spiro atoms. The fourth-order valence-corrected chi connectivity index (χ4v) is 5.14. The molecule has 1 aliphatic heterocycles. The average molecular weight is 465 g/mol. The Hall–Kier alpha value is -2.48. The molecule has 1 aromatic heterocycles. The quantitative estimate of drug-likeness (QED) is 0.443. The minimum Gasteiger partial charge on any atom is -0.486 e. The fourth-order valence-electron chi connectivity index (χ4n) is 4.83. The summed E-state index contributed by atoms with van der Waals surface area (Å²) >= 11 is 5.83. The van der Waals surface area contributed by atoms with Crippen LogP contribution >= 0.6 is 12.2 Å². The van der Waals surface area contributed by atoms with Crippen LogP contribution in [0.3, 0.4) is 0 Å². The molecule has 0 radical (unpaired) electrons. The van der Waals surface area contributed by atoms with Gasteiger partial charge >= 0.3 is 0 Å². The SMILES string of the molecule is S=c1n(CN2CCOCC2)nc(COc2ccc(C3CCCCC3)cc2)n1-c1ccccc1. The zero-order valence-corrected chi connectivity index (χ0v) is 19.9. The summed E-state index contributed by atoms with van der Waals surface area (Å²) in [5.41, 5.74) is 2.44. The van der Waals surface area contributed by atoms with E-state index in [0.717, 1.165) is 43.6 Å². The van der Waals surface area contributed by atoms with Crippen molar-refractivity contribution in [1.29, 1.82) is 0 Å². The molecule has 2 aliphatic rings. The number of morpholine rings is 1. The largest absolute Gasteiger partial charge is 0.486 e. The molecule has 1 saturated heterocycles. The lowest BCUT2D eigenvalue weighted by Crippen LogP contribution is -2.37. The van der Waals surface area contributed by atoms with Gasteiger partial charge in [0.25, 0.3) is 0 Å². The van der Waals surface area contributed by atoms with Gasteiger partial charge in [0.1, 0.15) is 12.4 Å². The molecule has 1 aliphatic carbocycles. The van der Waals surface area contributed by atoms with Gasteiger partial charge in [-0.3, -0.25) is 9.47 Å². The van der Waals surface area contributed by atoms with Gasteiger partial charge in [-0.2, -0.15) is 5.10 Å². The van der Waals surface area contributed by atoms with E-state index in [4.69, 9.17) is 26.8 Å². The first-order valence-electron chi connectivity index (χ1n) is 12.0. The Labute approximate surface area is 200 Å². The molecular formula is C26H32N4O2S. The molecular weight excluding hydrogens is 432 g/mol. The van der Waals surface area contributed by atoms with Crippen LogP contribution in [0.5, 0.6) is 5.75 Å². The average Bonchev–Trinajstić information content (AvgIpc) is 3.19. The van der Waals surface area contributed by atoms with Crippen LogP contribution in [0.2, 0.25) is 0 Å². The summed E-state index contributed by atoms with van der Waals surface area (Å²) in [6.45, 7) is 4.29. The Morgan fingerprint density at radius 2 is 1.67 bits per heavy atom. The van der Waals surface area contributed by atoms with Crippen molar-refractivity contribution in [2.75, 3.05) is 26.3 Å². The summed E-state index contributed by atoms with van der Waals surface area (Å²) in [6, 6.07) is 18.8. The predicted molar refractivity (Wildman–Crippen MR) is 131 cm³/mol.